The molecule has 35 heavy (non-hydrogen) atoms. The maximum Gasteiger partial charge on any atom is 0.251 e. The second-order valence-electron chi connectivity index (χ2n) is 9.40. The summed E-state index contributed by atoms with van der Waals surface area (Å²) >= 11 is 8.50. The van der Waals surface area contributed by atoms with E-state index in [4.69, 9.17) is 4.84 Å². The maximum atomic E-state index is 13.6. The van der Waals surface area contributed by atoms with Gasteiger partial charge in [0.1, 0.15) is 5.82 Å². The molecule has 3 rings (SSSR count). The van der Waals surface area contributed by atoms with Gasteiger partial charge in [-0.25, -0.2) is 9.45 Å². The highest BCUT2D eigenvalue weighted by Gasteiger charge is 2.51. The standard InChI is InChI=1S/C25H39FN4O3S2/c1-28(33-2)25(32)24-21(18-4-6-19(26)7-5-18)16-20-8-9-22(24)30(20)12-3-11-29(13-15-35)17-23(31)27-10-14-34/h4-7,20-22,24,34-35H,3,8-17H2,1-2H3,(H,27,31). The van der Waals surface area contributed by atoms with Gasteiger partial charge >= 0.3 is 0 Å². The van der Waals surface area contributed by atoms with E-state index in [-0.39, 0.29) is 35.5 Å². The zero-order valence-electron chi connectivity index (χ0n) is 20.7. The van der Waals surface area contributed by atoms with Crippen molar-refractivity contribution in [2.24, 2.45) is 5.92 Å². The first-order chi connectivity index (χ1) is 16.9. The van der Waals surface area contributed by atoms with Gasteiger partial charge in [-0.2, -0.15) is 25.3 Å². The van der Waals surface area contributed by atoms with Gasteiger partial charge in [-0.3, -0.25) is 24.2 Å². The van der Waals surface area contributed by atoms with Crippen LogP contribution < -0.4 is 5.32 Å². The van der Waals surface area contributed by atoms with E-state index in [1.54, 1.807) is 7.05 Å². The van der Waals surface area contributed by atoms with Crippen molar-refractivity contribution in [3.63, 3.8) is 0 Å². The maximum absolute atomic E-state index is 13.6. The molecule has 0 saturated carbocycles. The Balaban J connectivity index is 1.68. The number of benzene rings is 1. The molecule has 10 heteroatoms. The first-order valence-electron chi connectivity index (χ1n) is 12.4. The molecule has 2 fully saturated rings. The van der Waals surface area contributed by atoms with Crippen LogP contribution in [-0.4, -0.2) is 97.1 Å². The molecule has 4 unspecified atom stereocenters. The van der Waals surface area contributed by atoms with Crippen molar-refractivity contribution in [3.05, 3.63) is 35.6 Å². The van der Waals surface area contributed by atoms with Crippen LogP contribution in [0.4, 0.5) is 4.39 Å². The summed E-state index contributed by atoms with van der Waals surface area (Å²) in [4.78, 5) is 35.5. The van der Waals surface area contributed by atoms with E-state index in [1.807, 2.05) is 12.1 Å². The summed E-state index contributed by atoms with van der Waals surface area (Å²) < 4.78 is 13.6. The molecular formula is C25H39FN4O3S2. The van der Waals surface area contributed by atoms with Crippen LogP contribution in [0.1, 0.15) is 37.2 Å². The summed E-state index contributed by atoms with van der Waals surface area (Å²) in [5.74, 6) is 0.803. The number of rotatable bonds is 13. The van der Waals surface area contributed by atoms with Gasteiger partial charge in [0.2, 0.25) is 5.91 Å². The largest absolute Gasteiger partial charge is 0.354 e. The summed E-state index contributed by atoms with van der Waals surface area (Å²) in [6, 6.07) is 7.10. The summed E-state index contributed by atoms with van der Waals surface area (Å²) in [5.41, 5.74) is 1.01. The van der Waals surface area contributed by atoms with Crippen molar-refractivity contribution in [1.29, 1.82) is 0 Å². The molecule has 2 aliphatic rings. The van der Waals surface area contributed by atoms with Gasteiger partial charge in [0.25, 0.3) is 5.91 Å². The first kappa shape index (κ1) is 28.2. The smallest absolute Gasteiger partial charge is 0.251 e. The molecule has 0 aromatic heterocycles. The van der Waals surface area contributed by atoms with E-state index in [2.05, 4.69) is 40.4 Å². The van der Waals surface area contributed by atoms with Gasteiger partial charge < -0.3 is 5.32 Å². The molecule has 0 spiro atoms. The van der Waals surface area contributed by atoms with Crippen molar-refractivity contribution in [2.45, 2.75) is 43.7 Å². The van der Waals surface area contributed by atoms with E-state index in [0.29, 0.717) is 30.6 Å². The summed E-state index contributed by atoms with van der Waals surface area (Å²) in [6.07, 6.45) is 3.78. The zero-order valence-corrected chi connectivity index (χ0v) is 22.5. The normalized spacial score (nSPS) is 24.1. The third kappa shape index (κ3) is 7.35. The van der Waals surface area contributed by atoms with Gasteiger partial charge in [-0.15, -0.1) is 0 Å². The fraction of sp³-hybridized carbons (Fsp3) is 0.680. The minimum absolute atomic E-state index is 0.00859. The quantitative estimate of drug-likeness (QED) is 0.272. The Hall–Kier alpha value is -1.33. The number of carbonyl (C=O) groups excluding carboxylic acids is 2. The van der Waals surface area contributed by atoms with E-state index in [9.17, 15) is 14.0 Å². The minimum Gasteiger partial charge on any atom is -0.354 e. The third-order valence-corrected chi connectivity index (χ3v) is 7.76. The lowest BCUT2D eigenvalue weighted by Gasteiger charge is -2.45. The molecule has 1 aromatic rings. The average Bonchev–Trinajstić information content (AvgIpc) is 3.12. The zero-order chi connectivity index (χ0) is 25.4. The van der Waals surface area contributed by atoms with Crippen molar-refractivity contribution >= 4 is 37.1 Å². The van der Waals surface area contributed by atoms with Crippen LogP contribution in [0, 0.1) is 11.7 Å². The molecule has 1 aromatic carbocycles. The SMILES string of the molecule is CON(C)C(=O)C1C(c2ccc(F)cc2)CC2CCC1N2CCCN(CCS)CC(=O)NCCS. The molecular weight excluding hydrogens is 487 g/mol. The highest BCUT2D eigenvalue weighted by atomic mass is 32.1. The van der Waals surface area contributed by atoms with Crippen LogP contribution in [0.3, 0.4) is 0 Å². The number of thiol groups is 2. The Kier molecular flexibility index (Phi) is 11.2. The van der Waals surface area contributed by atoms with Crippen LogP contribution in [0.5, 0.6) is 0 Å². The summed E-state index contributed by atoms with van der Waals surface area (Å²) in [5, 5.41) is 4.20. The van der Waals surface area contributed by atoms with E-state index in [0.717, 1.165) is 50.9 Å². The Morgan fingerprint density at radius 2 is 1.91 bits per heavy atom. The average molecular weight is 527 g/mol. The molecule has 2 amide bonds. The van der Waals surface area contributed by atoms with Crippen molar-refractivity contribution in [2.75, 3.05) is 58.4 Å². The number of hydroxylamine groups is 2. The minimum atomic E-state index is -0.267. The number of fused-ring (bicyclic) bond motifs is 2. The van der Waals surface area contributed by atoms with Gasteiger partial charge in [0, 0.05) is 43.7 Å². The second-order valence-corrected chi connectivity index (χ2v) is 10.3. The van der Waals surface area contributed by atoms with Gasteiger partial charge in [0.05, 0.1) is 19.6 Å². The number of nitrogens with one attached hydrogen (secondary N) is 1. The highest BCUT2D eigenvalue weighted by Crippen LogP contribution is 2.47. The number of halogens is 1. The van der Waals surface area contributed by atoms with Crippen LogP contribution in [0.15, 0.2) is 24.3 Å². The predicted octanol–water partition coefficient (Wildman–Crippen LogP) is 2.45. The molecule has 196 valence electrons. The number of piperidine rings is 1. The fourth-order valence-electron chi connectivity index (χ4n) is 5.69. The van der Waals surface area contributed by atoms with Gasteiger partial charge in [-0.05, 0) is 62.4 Å². The number of hydrogen-bond donors (Lipinski definition) is 3. The molecule has 0 aliphatic carbocycles. The summed E-state index contributed by atoms with van der Waals surface area (Å²) in [6.45, 7) is 3.33. The Bertz CT molecular complexity index is 831. The van der Waals surface area contributed by atoms with Crippen molar-refractivity contribution in [3.8, 4) is 0 Å². The van der Waals surface area contributed by atoms with Crippen LogP contribution in [0.25, 0.3) is 0 Å². The van der Waals surface area contributed by atoms with Crippen LogP contribution in [0.2, 0.25) is 0 Å². The Labute approximate surface area is 219 Å². The first-order valence-corrected chi connectivity index (χ1v) is 13.7. The molecule has 2 aliphatic heterocycles. The Morgan fingerprint density at radius 3 is 2.57 bits per heavy atom. The lowest BCUT2D eigenvalue weighted by atomic mass is 9.75. The van der Waals surface area contributed by atoms with Crippen molar-refractivity contribution in [1.82, 2.24) is 20.2 Å². The predicted molar refractivity (Wildman–Crippen MR) is 142 cm³/mol. The Morgan fingerprint density at radius 1 is 1.17 bits per heavy atom. The van der Waals surface area contributed by atoms with E-state index >= 15 is 0 Å². The molecule has 1 N–H and O–H groups in total. The molecule has 2 saturated heterocycles. The fourth-order valence-corrected chi connectivity index (χ4v) is 6.09. The number of amides is 2. The van der Waals surface area contributed by atoms with Gasteiger partial charge in [0.15, 0.2) is 0 Å². The van der Waals surface area contributed by atoms with E-state index < -0.39 is 0 Å². The third-order valence-electron chi connectivity index (χ3n) is 7.34. The van der Waals surface area contributed by atoms with Crippen LogP contribution >= 0.6 is 25.3 Å². The van der Waals surface area contributed by atoms with Gasteiger partial charge in [-0.1, -0.05) is 12.1 Å². The second kappa shape index (κ2) is 13.8. The topological polar surface area (TPSA) is 65.1 Å². The monoisotopic (exact) mass is 526 g/mol. The summed E-state index contributed by atoms with van der Waals surface area (Å²) in [7, 11) is 3.16. The molecule has 4 atom stereocenters. The number of nitrogens with zero attached hydrogens (tertiary/aromatic N) is 3. The lowest BCUT2D eigenvalue weighted by molar-refractivity contribution is -0.178. The van der Waals surface area contributed by atoms with Crippen LogP contribution in [-0.2, 0) is 14.4 Å². The lowest BCUT2D eigenvalue weighted by Crippen LogP contribution is -2.53. The molecule has 0 radical (unpaired) electrons. The molecule has 7 nitrogen and oxygen atoms in total. The van der Waals surface area contributed by atoms with E-state index in [1.165, 1.54) is 24.3 Å². The number of carbonyl (C=O) groups is 2. The molecule has 2 bridgehead atoms. The molecule has 2 heterocycles. The number of hydrogen-bond acceptors (Lipinski definition) is 7. The highest BCUT2D eigenvalue weighted by molar-refractivity contribution is 7.80. The van der Waals surface area contributed by atoms with Crippen molar-refractivity contribution < 1.29 is 18.8 Å².